The van der Waals surface area contributed by atoms with Crippen LogP contribution in [0.2, 0.25) is 0 Å². The predicted molar refractivity (Wildman–Crippen MR) is 75.4 cm³/mol. The lowest BCUT2D eigenvalue weighted by Crippen LogP contribution is -2.30. The van der Waals surface area contributed by atoms with Crippen LogP contribution >= 0.6 is 0 Å². The SMILES string of the molecule is Cc1cc([C@@H]2CCCN2C(=O)c2cccc(C#N)c2)no1. The van der Waals surface area contributed by atoms with E-state index in [1.54, 1.807) is 24.3 Å². The van der Waals surface area contributed by atoms with E-state index in [0.29, 0.717) is 17.7 Å². The number of likely N-dealkylation sites (tertiary alicyclic amines) is 1. The number of benzene rings is 1. The van der Waals surface area contributed by atoms with E-state index in [0.717, 1.165) is 24.3 Å². The number of rotatable bonds is 2. The van der Waals surface area contributed by atoms with Gasteiger partial charge in [-0.3, -0.25) is 4.79 Å². The van der Waals surface area contributed by atoms with Crippen LogP contribution < -0.4 is 0 Å². The minimum atomic E-state index is -0.0600. The fourth-order valence-corrected chi connectivity index (χ4v) is 2.75. The molecule has 1 fully saturated rings. The molecule has 1 aromatic carbocycles. The first-order chi connectivity index (χ1) is 10.2. The van der Waals surface area contributed by atoms with Crippen molar-refractivity contribution in [3.05, 3.63) is 52.9 Å². The van der Waals surface area contributed by atoms with Crippen LogP contribution in [0.5, 0.6) is 0 Å². The minimum absolute atomic E-state index is 0.0410. The van der Waals surface area contributed by atoms with Crippen LogP contribution in [0.15, 0.2) is 34.9 Å². The molecular formula is C16H15N3O2. The van der Waals surface area contributed by atoms with Crippen LogP contribution in [0.3, 0.4) is 0 Å². The maximum absolute atomic E-state index is 12.7. The Morgan fingerprint density at radius 1 is 1.48 bits per heavy atom. The highest BCUT2D eigenvalue weighted by Crippen LogP contribution is 2.32. The molecule has 0 bridgehead atoms. The zero-order chi connectivity index (χ0) is 14.8. The summed E-state index contributed by atoms with van der Waals surface area (Å²) in [5.41, 5.74) is 1.84. The summed E-state index contributed by atoms with van der Waals surface area (Å²) in [4.78, 5) is 14.5. The Kier molecular flexibility index (Phi) is 3.44. The molecule has 1 atom stereocenters. The minimum Gasteiger partial charge on any atom is -0.361 e. The first kappa shape index (κ1) is 13.4. The molecule has 2 aromatic rings. The zero-order valence-electron chi connectivity index (χ0n) is 11.7. The molecule has 0 radical (unpaired) electrons. The second-order valence-corrected chi connectivity index (χ2v) is 5.21. The Morgan fingerprint density at radius 2 is 2.33 bits per heavy atom. The van der Waals surface area contributed by atoms with Crippen molar-refractivity contribution in [3.8, 4) is 6.07 Å². The Bertz CT molecular complexity index is 714. The van der Waals surface area contributed by atoms with Gasteiger partial charge in [0.15, 0.2) is 0 Å². The third-order valence-electron chi connectivity index (χ3n) is 3.74. The van der Waals surface area contributed by atoms with Gasteiger partial charge >= 0.3 is 0 Å². The van der Waals surface area contributed by atoms with Crippen LogP contribution in [-0.4, -0.2) is 22.5 Å². The van der Waals surface area contributed by atoms with E-state index in [1.807, 2.05) is 17.9 Å². The third kappa shape index (κ3) is 2.52. The van der Waals surface area contributed by atoms with Crippen molar-refractivity contribution in [2.24, 2.45) is 0 Å². The molecule has 1 aliphatic heterocycles. The number of hydrogen-bond acceptors (Lipinski definition) is 4. The van der Waals surface area contributed by atoms with Gasteiger partial charge in [0, 0.05) is 18.2 Å². The molecule has 106 valence electrons. The molecule has 1 saturated heterocycles. The Morgan fingerprint density at radius 3 is 3.05 bits per heavy atom. The molecule has 1 aromatic heterocycles. The number of carbonyl (C=O) groups excluding carboxylic acids is 1. The fourth-order valence-electron chi connectivity index (χ4n) is 2.75. The third-order valence-corrected chi connectivity index (χ3v) is 3.74. The van der Waals surface area contributed by atoms with Crippen LogP contribution in [0.1, 0.15) is 46.3 Å². The van der Waals surface area contributed by atoms with Gasteiger partial charge in [-0.1, -0.05) is 11.2 Å². The van der Waals surface area contributed by atoms with E-state index >= 15 is 0 Å². The van der Waals surface area contributed by atoms with Gasteiger partial charge in [-0.2, -0.15) is 5.26 Å². The Labute approximate surface area is 122 Å². The lowest BCUT2D eigenvalue weighted by Gasteiger charge is -2.23. The molecule has 5 heteroatoms. The second kappa shape index (κ2) is 5.41. The molecular weight excluding hydrogens is 266 g/mol. The standard InChI is InChI=1S/C16H15N3O2/c1-11-8-14(18-21-11)15-6-3-7-19(15)16(20)13-5-2-4-12(9-13)10-17/h2,4-5,8-9,15H,3,6-7H2,1H3/t15-/m0/s1. The number of amides is 1. The van der Waals surface area contributed by atoms with Crippen LogP contribution in [0.4, 0.5) is 0 Å². The number of aryl methyl sites for hydroxylation is 1. The second-order valence-electron chi connectivity index (χ2n) is 5.21. The van der Waals surface area contributed by atoms with Crippen LogP contribution in [0, 0.1) is 18.3 Å². The average molecular weight is 281 g/mol. The van der Waals surface area contributed by atoms with E-state index in [4.69, 9.17) is 9.78 Å². The smallest absolute Gasteiger partial charge is 0.254 e. The lowest BCUT2D eigenvalue weighted by atomic mass is 10.1. The molecule has 1 amide bonds. The van der Waals surface area contributed by atoms with Gasteiger partial charge in [0.1, 0.15) is 11.5 Å². The van der Waals surface area contributed by atoms with Crippen molar-refractivity contribution in [1.82, 2.24) is 10.1 Å². The van der Waals surface area contributed by atoms with E-state index in [1.165, 1.54) is 0 Å². The quantitative estimate of drug-likeness (QED) is 0.848. The summed E-state index contributed by atoms with van der Waals surface area (Å²) < 4.78 is 5.12. The number of nitrogens with zero attached hydrogens (tertiary/aromatic N) is 3. The average Bonchev–Trinajstić information content (AvgIpc) is 3.15. The van der Waals surface area contributed by atoms with Gasteiger partial charge in [-0.25, -0.2) is 0 Å². The van der Waals surface area contributed by atoms with Gasteiger partial charge in [-0.15, -0.1) is 0 Å². The summed E-state index contributed by atoms with van der Waals surface area (Å²) in [5.74, 6) is 0.686. The molecule has 5 nitrogen and oxygen atoms in total. The number of nitriles is 1. The van der Waals surface area contributed by atoms with Gasteiger partial charge in [-0.05, 0) is 38.0 Å². The summed E-state index contributed by atoms with van der Waals surface area (Å²) in [6.07, 6.45) is 1.83. The number of carbonyl (C=O) groups is 1. The largest absolute Gasteiger partial charge is 0.361 e. The van der Waals surface area contributed by atoms with Gasteiger partial charge in [0.05, 0.1) is 17.7 Å². The topological polar surface area (TPSA) is 70.1 Å². The van der Waals surface area contributed by atoms with Gasteiger partial charge in [0.2, 0.25) is 0 Å². The molecule has 0 saturated carbocycles. The van der Waals surface area contributed by atoms with Crippen molar-refractivity contribution in [2.75, 3.05) is 6.54 Å². The van der Waals surface area contributed by atoms with Crippen molar-refractivity contribution >= 4 is 5.91 Å². The highest BCUT2D eigenvalue weighted by molar-refractivity contribution is 5.95. The molecule has 0 aliphatic carbocycles. The predicted octanol–water partition coefficient (Wildman–Crippen LogP) is 2.83. The summed E-state index contributed by atoms with van der Waals surface area (Å²) in [7, 11) is 0. The highest BCUT2D eigenvalue weighted by Gasteiger charge is 2.32. The zero-order valence-corrected chi connectivity index (χ0v) is 11.7. The molecule has 21 heavy (non-hydrogen) atoms. The Hall–Kier alpha value is -2.61. The first-order valence-corrected chi connectivity index (χ1v) is 6.93. The highest BCUT2D eigenvalue weighted by atomic mass is 16.5. The van der Waals surface area contributed by atoms with E-state index in [-0.39, 0.29) is 11.9 Å². The van der Waals surface area contributed by atoms with Crippen molar-refractivity contribution in [1.29, 1.82) is 5.26 Å². The molecule has 3 rings (SSSR count). The monoisotopic (exact) mass is 281 g/mol. The van der Waals surface area contributed by atoms with Crippen molar-refractivity contribution < 1.29 is 9.32 Å². The van der Waals surface area contributed by atoms with Crippen LogP contribution in [-0.2, 0) is 0 Å². The first-order valence-electron chi connectivity index (χ1n) is 6.93. The molecule has 2 heterocycles. The summed E-state index contributed by atoms with van der Waals surface area (Å²) in [6.45, 7) is 2.54. The van der Waals surface area contributed by atoms with E-state index < -0.39 is 0 Å². The maximum atomic E-state index is 12.7. The number of aromatic nitrogens is 1. The van der Waals surface area contributed by atoms with E-state index in [9.17, 15) is 4.79 Å². The fraction of sp³-hybridized carbons (Fsp3) is 0.312. The molecule has 0 spiro atoms. The summed E-state index contributed by atoms with van der Waals surface area (Å²) in [6, 6.07) is 10.7. The molecule has 1 aliphatic rings. The van der Waals surface area contributed by atoms with Crippen molar-refractivity contribution in [2.45, 2.75) is 25.8 Å². The number of hydrogen-bond donors (Lipinski definition) is 0. The normalized spacial score (nSPS) is 17.7. The molecule has 0 N–H and O–H groups in total. The summed E-state index contributed by atoms with van der Waals surface area (Å²) >= 11 is 0. The van der Waals surface area contributed by atoms with Gasteiger partial charge < -0.3 is 9.42 Å². The van der Waals surface area contributed by atoms with E-state index in [2.05, 4.69) is 11.2 Å². The molecule has 0 unspecified atom stereocenters. The van der Waals surface area contributed by atoms with Crippen molar-refractivity contribution in [3.63, 3.8) is 0 Å². The van der Waals surface area contributed by atoms with Gasteiger partial charge in [0.25, 0.3) is 5.91 Å². The Balaban J connectivity index is 1.88. The lowest BCUT2D eigenvalue weighted by molar-refractivity contribution is 0.0731. The van der Waals surface area contributed by atoms with Crippen LogP contribution in [0.25, 0.3) is 0 Å². The maximum Gasteiger partial charge on any atom is 0.254 e. The summed E-state index contributed by atoms with van der Waals surface area (Å²) in [5, 5.41) is 13.0.